The van der Waals surface area contributed by atoms with Crippen molar-refractivity contribution in [2.24, 2.45) is 0 Å². The molecule has 1 aliphatic rings. The molecule has 136 valence electrons. The molecule has 1 aromatic carbocycles. The molecule has 1 aromatic heterocycles. The van der Waals surface area contributed by atoms with E-state index in [0.29, 0.717) is 21.4 Å². The molecule has 3 rings (SSSR count). The molecule has 0 aliphatic carbocycles. The Kier molecular flexibility index (Phi) is 5.17. The highest BCUT2D eigenvalue weighted by Gasteiger charge is 2.24. The molecule has 0 saturated carbocycles. The van der Waals surface area contributed by atoms with Gasteiger partial charge in [-0.15, -0.1) is 0 Å². The van der Waals surface area contributed by atoms with E-state index in [2.05, 4.69) is 15.3 Å². The number of aromatic amines is 1. The molecule has 1 aliphatic heterocycles. The first-order valence-corrected chi connectivity index (χ1v) is 9.95. The second-order valence-electron chi connectivity index (χ2n) is 5.69. The lowest BCUT2D eigenvalue weighted by Crippen LogP contribution is -2.38. The molecule has 0 radical (unpaired) electrons. The van der Waals surface area contributed by atoms with E-state index in [1.165, 1.54) is 6.08 Å². The molecule has 2 aromatic rings. The van der Waals surface area contributed by atoms with E-state index in [-0.39, 0.29) is 17.7 Å². The Morgan fingerprint density at radius 3 is 2.58 bits per heavy atom. The van der Waals surface area contributed by atoms with Crippen molar-refractivity contribution in [1.82, 2.24) is 15.3 Å². The Bertz CT molecular complexity index is 1040. The number of carbonyl (C=O) groups excluding carboxylic acids is 1. The first-order chi connectivity index (χ1) is 12.2. The van der Waals surface area contributed by atoms with Crippen LogP contribution in [-0.4, -0.2) is 36.1 Å². The molecule has 7 nitrogen and oxygen atoms in total. The summed E-state index contributed by atoms with van der Waals surface area (Å²) in [5.74, 6) is -0.634. The van der Waals surface area contributed by atoms with Gasteiger partial charge >= 0.3 is 0 Å². The Balaban J connectivity index is 1.77. The number of sulfone groups is 1. The first kappa shape index (κ1) is 18.6. The Hall–Kier alpha value is -2.16. The van der Waals surface area contributed by atoms with Crippen molar-refractivity contribution in [2.45, 2.75) is 12.5 Å². The van der Waals surface area contributed by atoms with Crippen LogP contribution >= 0.6 is 23.2 Å². The smallest absolute Gasteiger partial charge is 0.263 e. The van der Waals surface area contributed by atoms with Crippen LogP contribution in [-0.2, 0) is 16.3 Å². The second-order valence-corrected chi connectivity index (χ2v) is 8.43. The van der Waals surface area contributed by atoms with Gasteiger partial charge in [0.05, 0.1) is 11.8 Å². The molecular formula is C16H13Cl2N3O4S. The van der Waals surface area contributed by atoms with Crippen LogP contribution in [0.4, 0.5) is 0 Å². The monoisotopic (exact) mass is 413 g/mol. The molecule has 0 unspecified atom stereocenters. The minimum absolute atomic E-state index is 0.194. The van der Waals surface area contributed by atoms with Crippen molar-refractivity contribution < 1.29 is 13.2 Å². The molecule has 2 heterocycles. The molecule has 10 heteroatoms. The standard InChI is InChI=1S/C16H13Cl2N3O4S/c17-12-2-1-3-13(18)10(12)6-14-19-7-11(16(23)21-14)15(22)20-9-4-5-26(24,25)8-9/h1-5,7,9H,6,8H2,(H,20,22)(H,19,21,23)/t9-/m1/s1. The van der Waals surface area contributed by atoms with Crippen LogP contribution in [0.25, 0.3) is 0 Å². The average Bonchev–Trinajstić information content (AvgIpc) is 2.89. The van der Waals surface area contributed by atoms with E-state index in [0.717, 1.165) is 11.6 Å². The van der Waals surface area contributed by atoms with Crippen LogP contribution in [0.3, 0.4) is 0 Å². The third kappa shape index (κ3) is 4.14. The van der Waals surface area contributed by atoms with Crippen LogP contribution in [0, 0.1) is 0 Å². The van der Waals surface area contributed by atoms with E-state index < -0.39 is 27.3 Å². The van der Waals surface area contributed by atoms with Crippen LogP contribution in [0.2, 0.25) is 10.0 Å². The van der Waals surface area contributed by atoms with Gasteiger partial charge in [0.25, 0.3) is 11.5 Å². The molecule has 0 fully saturated rings. The number of H-pyrrole nitrogens is 1. The first-order valence-electron chi connectivity index (χ1n) is 7.48. The molecule has 0 spiro atoms. The van der Waals surface area contributed by atoms with Crippen molar-refractivity contribution in [1.29, 1.82) is 0 Å². The van der Waals surface area contributed by atoms with Gasteiger partial charge in [0, 0.05) is 28.1 Å². The summed E-state index contributed by atoms with van der Waals surface area (Å²) < 4.78 is 22.7. The van der Waals surface area contributed by atoms with Crippen molar-refractivity contribution >= 4 is 38.9 Å². The van der Waals surface area contributed by atoms with E-state index in [1.807, 2.05) is 0 Å². The molecule has 1 amide bonds. The summed E-state index contributed by atoms with van der Waals surface area (Å²) in [5.41, 5.74) is -0.241. The number of nitrogens with one attached hydrogen (secondary N) is 2. The Morgan fingerprint density at radius 2 is 2.00 bits per heavy atom. The third-order valence-electron chi connectivity index (χ3n) is 3.75. The zero-order valence-electron chi connectivity index (χ0n) is 13.2. The quantitative estimate of drug-likeness (QED) is 0.792. The number of aromatic nitrogens is 2. The average molecular weight is 414 g/mol. The topological polar surface area (TPSA) is 109 Å². The molecule has 0 saturated heterocycles. The van der Waals surface area contributed by atoms with Crippen molar-refractivity contribution in [3.63, 3.8) is 0 Å². The van der Waals surface area contributed by atoms with Crippen molar-refractivity contribution in [2.75, 3.05) is 5.75 Å². The minimum Gasteiger partial charge on any atom is -0.345 e. The SMILES string of the molecule is O=C(N[C@@H]1C=CS(=O)(=O)C1)c1cnc(Cc2c(Cl)cccc2Cl)[nH]c1=O. The van der Waals surface area contributed by atoms with Crippen molar-refractivity contribution in [3.8, 4) is 0 Å². The lowest BCUT2D eigenvalue weighted by atomic mass is 10.1. The van der Waals surface area contributed by atoms with E-state index in [1.54, 1.807) is 18.2 Å². The Morgan fingerprint density at radius 1 is 1.31 bits per heavy atom. The number of hydrogen-bond donors (Lipinski definition) is 2. The normalized spacial score (nSPS) is 18.0. The highest BCUT2D eigenvalue weighted by Crippen LogP contribution is 2.25. The highest BCUT2D eigenvalue weighted by molar-refractivity contribution is 7.94. The Labute approximate surface area is 159 Å². The molecule has 1 atom stereocenters. The van der Waals surface area contributed by atoms with Crippen LogP contribution < -0.4 is 10.9 Å². The zero-order valence-corrected chi connectivity index (χ0v) is 15.5. The van der Waals surface area contributed by atoms with Crippen LogP contribution in [0.1, 0.15) is 21.7 Å². The molecule has 26 heavy (non-hydrogen) atoms. The molecule has 0 bridgehead atoms. The summed E-state index contributed by atoms with van der Waals surface area (Å²) in [6.07, 6.45) is 2.70. The summed E-state index contributed by atoms with van der Waals surface area (Å²) in [5, 5.41) is 4.39. The van der Waals surface area contributed by atoms with Gasteiger partial charge in [-0.2, -0.15) is 0 Å². The van der Waals surface area contributed by atoms with Gasteiger partial charge in [-0.1, -0.05) is 29.3 Å². The number of amides is 1. The highest BCUT2D eigenvalue weighted by atomic mass is 35.5. The lowest BCUT2D eigenvalue weighted by Gasteiger charge is -2.10. The largest absolute Gasteiger partial charge is 0.345 e. The maximum atomic E-state index is 12.2. The number of carbonyl (C=O) groups is 1. The fraction of sp³-hybridized carbons (Fsp3) is 0.188. The van der Waals surface area contributed by atoms with E-state index in [4.69, 9.17) is 23.2 Å². The van der Waals surface area contributed by atoms with E-state index >= 15 is 0 Å². The second kappa shape index (κ2) is 7.22. The van der Waals surface area contributed by atoms with Crippen molar-refractivity contribution in [3.05, 3.63) is 73.2 Å². The summed E-state index contributed by atoms with van der Waals surface area (Å²) in [4.78, 5) is 30.9. The minimum atomic E-state index is -3.30. The number of nitrogens with zero attached hydrogens (tertiary/aromatic N) is 1. The van der Waals surface area contributed by atoms with Gasteiger partial charge in [-0.05, 0) is 23.8 Å². The predicted molar refractivity (Wildman–Crippen MR) is 98.3 cm³/mol. The fourth-order valence-electron chi connectivity index (χ4n) is 2.46. The van der Waals surface area contributed by atoms with Gasteiger partial charge in [0.15, 0.2) is 9.84 Å². The molecule has 2 N–H and O–H groups in total. The maximum Gasteiger partial charge on any atom is 0.263 e. The van der Waals surface area contributed by atoms with Gasteiger partial charge in [-0.25, -0.2) is 13.4 Å². The van der Waals surface area contributed by atoms with Crippen LogP contribution in [0.5, 0.6) is 0 Å². The number of halogens is 2. The summed E-state index contributed by atoms with van der Waals surface area (Å²) in [7, 11) is -3.30. The van der Waals surface area contributed by atoms with E-state index in [9.17, 15) is 18.0 Å². The summed E-state index contributed by atoms with van der Waals surface area (Å²) in [6.45, 7) is 0. The summed E-state index contributed by atoms with van der Waals surface area (Å²) in [6, 6.07) is 4.38. The van der Waals surface area contributed by atoms with Gasteiger partial charge in [0.1, 0.15) is 11.4 Å². The maximum absolute atomic E-state index is 12.2. The predicted octanol–water partition coefficient (Wildman–Crippen LogP) is 1.71. The number of hydrogen-bond acceptors (Lipinski definition) is 5. The number of rotatable bonds is 4. The molecular weight excluding hydrogens is 401 g/mol. The third-order valence-corrected chi connectivity index (χ3v) is 5.85. The van der Waals surface area contributed by atoms with Gasteiger partial charge < -0.3 is 10.3 Å². The summed E-state index contributed by atoms with van der Waals surface area (Å²) >= 11 is 12.2. The number of benzene rings is 1. The van der Waals surface area contributed by atoms with Gasteiger partial charge in [-0.3, -0.25) is 9.59 Å². The lowest BCUT2D eigenvalue weighted by molar-refractivity contribution is 0.0945. The fourth-order valence-corrected chi connectivity index (χ4v) is 4.23. The van der Waals surface area contributed by atoms with Gasteiger partial charge in [0.2, 0.25) is 0 Å². The van der Waals surface area contributed by atoms with Crippen LogP contribution in [0.15, 0.2) is 40.7 Å². The zero-order chi connectivity index (χ0) is 18.9.